The first-order valence-corrected chi connectivity index (χ1v) is 6.60. The highest BCUT2D eigenvalue weighted by atomic mass is 32.1. The lowest BCUT2D eigenvalue weighted by Gasteiger charge is -2.15. The van der Waals surface area contributed by atoms with Gasteiger partial charge in [-0.3, -0.25) is 4.98 Å². The summed E-state index contributed by atoms with van der Waals surface area (Å²) in [4.78, 5) is 4.59. The minimum absolute atomic E-state index is 0.355. The minimum Gasteiger partial charge on any atom is -0.388 e. The number of nitrogens with zero attached hydrogens (tertiary/aromatic N) is 1. The van der Waals surface area contributed by atoms with E-state index in [9.17, 15) is 0 Å². The maximum absolute atomic E-state index is 5.51. The average Bonchev–Trinajstić information content (AvgIpc) is 3.17. The average molecular weight is 247 g/mol. The topological polar surface area (TPSA) is 50.9 Å². The molecule has 0 amide bonds. The molecule has 17 heavy (non-hydrogen) atoms. The molecule has 0 aromatic carbocycles. The molecule has 2 fully saturated rings. The van der Waals surface area contributed by atoms with Gasteiger partial charge in [-0.25, -0.2) is 0 Å². The summed E-state index contributed by atoms with van der Waals surface area (Å²) in [5.41, 5.74) is 7.88. The fourth-order valence-corrected chi connectivity index (χ4v) is 2.63. The van der Waals surface area contributed by atoms with Gasteiger partial charge in [0, 0.05) is 6.54 Å². The van der Waals surface area contributed by atoms with E-state index in [4.69, 9.17) is 18.0 Å². The van der Waals surface area contributed by atoms with Crippen molar-refractivity contribution in [1.29, 1.82) is 0 Å². The molecule has 0 spiro atoms. The molecule has 4 heteroatoms. The molecule has 2 aliphatic rings. The molecule has 90 valence electrons. The molecule has 2 aliphatic carbocycles. The summed E-state index contributed by atoms with van der Waals surface area (Å²) in [6.07, 6.45) is 7.46. The Morgan fingerprint density at radius 2 is 2.24 bits per heavy atom. The van der Waals surface area contributed by atoms with Crippen molar-refractivity contribution in [3.8, 4) is 0 Å². The predicted molar refractivity (Wildman–Crippen MR) is 73.0 cm³/mol. The SMILES string of the molecule is NC(=S)c1ccc(NCC2(C3CC3)CC2)cn1. The van der Waals surface area contributed by atoms with Crippen LogP contribution in [0.3, 0.4) is 0 Å². The van der Waals surface area contributed by atoms with Gasteiger partial charge in [-0.05, 0) is 49.1 Å². The Morgan fingerprint density at radius 1 is 1.47 bits per heavy atom. The van der Waals surface area contributed by atoms with Gasteiger partial charge in [0.05, 0.1) is 17.6 Å². The second-order valence-corrected chi connectivity index (χ2v) is 5.73. The van der Waals surface area contributed by atoms with Gasteiger partial charge in [-0.1, -0.05) is 12.2 Å². The highest BCUT2D eigenvalue weighted by molar-refractivity contribution is 7.80. The summed E-state index contributed by atoms with van der Waals surface area (Å²) >= 11 is 4.88. The number of nitrogens with two attached hydrogens (primary N) is 1. The second kappa shape index (κ2) is 3.95. The van der Waals surface area contributed by atoms with Gasteiger partial charge < -0.3 is 11.1 Å². The number of hydrogen-bond donors (Lipinski definition) is 2. The Kier molecular flexibility index (Phi) is 2.54. The lowest BCUT2D eigenvalue weighted by Crippen LogP contribution is -2.18. The molecule has 0 atom stereocenters. The van der Waals surface area contributed by atoms with Gasteiger partial charge in [0.2, 0.25) is 0 Å². The van der Waals surface area contributed by atoms with Crippen LogP contribution in [0.2, 0.25) is 0 Å². The number of rotatable bonds is 5. The lowest BCUT2D eigenvalue weighted by molar-refractivity contribution is 0.467. The van der Waals surface area contributed by atoms with Crippen LogP contribution in [0, 0.1) is 11.3 Å². The summed E-state index contributed by atoms with van der Waals surface area (Å²) in [5.74, 6) is 0.985. The van der Waals surface area contributed by atoms with Crippen molar-refractivity contribution in [1.82, 2.24) is 4.98 Å². The molecule has 1 aromatic heterocycles. The molecule has 2 saturated carbocycles. The summed E-state index contributed by atoms with van der Waals surface area (Å²) in [6, 6.07) is 3.88. The molecule has 0 bridgehead atoms. The van der Waals surface area contributed by atoms with E-state index in [1.54, 1.807) is 0 Å². The third kappa shape index (κ3) is 2.27. The molecule has 3 N–H and O–H groups in total. The first-order chi connectivity index (χ1) is 8.20. The zero-order valence-electron chi connectivity index (χ0n) is 9.78. The van der Waals surface area contributed by atoms with Gasteiger partial charge in [0.25, 0.3) is 0 Å². The van der Waals surface area contributed by atoms with Crippen LogP contribution < -0.4 is 11.1 Å². The van der Waals surface area contributed by atoms with E-state index < -0.39 is 0 Å². The van der Waals surface area contributed by atoms with Crippen molar-refractivity contribution in [2.45, 2.75) is 25.7 Å². The van der Waals surface area contributed by atoms with Gasteiger partial charge in [-0.2, -0.15) is 0 Å². The quantitative estimate of drug-likeness (QED) is 0.784. The van der Waals surface area contributed by atoms with Crippen LogP contribution in [0.1, 0.15) is 31.4 Å². The zero-order chi connectivity index (χ0) is 11.9. The third-order valence-electron chi connectivity index (χ3n) is 4.00. The molecule has 3 nitrogen and oxygen atoms in total. The Balaban J connectivity index is 1.59. The highest BCUT2D eigenvalue weighted by Gasteiger charge is 2.53. The van der Waals surface area contributed by atoms with Crippen LogP contribution in [0.5, 0.6) is 0 Å². The number of pyridine rings is 1. The highest BCUT2D eigenvalue weighted by Crippen LogP contribution is 2.61. The van der Waals surface area contributed by atoms with E-state index in [2.05, 4.69) is 10.3 Å². The van der Waals surface area contributed by atoms with Gasteiger partial charge in [0.15, 0.2) is 0 Å². The molecular weight excluding hydrogens is 230 g/mol. The third-order valence-corrected chi connectivity index (χ3v) is 4.21. The first-order valence-electron chi connectivity index (χ1n) is 6.19. The predicted octanol–water partition coefficient (Wildman–Crippen LogP) is 2.32. The monoisotopic (exact) mass is 247 g/mol. The second-order valence-electron chi connectivity index (χ2n) is 5.29. The van der Waals surface area contributed by atoms with E-state index in [0.717, 1.165) is 18.2 Å². The van der Waals surface area contributed by atoms with Crippen molar-refractivity contribution >= 4 is 22.9 Å². The Bertz CT molecular complexity index is 432. The number of thiocarbonyl (C=S) groups is 1. The molecule has 1 heterocycles. The normalized spacial score (nSPS) is 20.9. The molecule has 1 aromatic rings. The molecule has 0 radical (unpaired) electrons. The summed E-state index contributed by atoms with van der Waals surface area (Å²) in [7, 11) is 0. The standard InChI is InChI=1S/C13H17N3S/c14-12(17)11-4-3-10(7-15-11)16-8-13(5-6-13)9-1-2-9/h3-4,7,9,16H,1-2,5-6,8H2,(H2,14,17). The number of nitrogens with one attached hydrogen (secondary N) is 1. The maximum Gasteiger partial charge on any atom is 0.122 e. The molecule has 0 saturated heterocycles. The van der Waals surface area contributed by atoms with E-state index in [1.807, 2.05) is 18.3 Å². The number of anilines is 1. The summed E-state index contributed by atoms with van der Waals surface area (Å²) in [5, 5.41) is 3.49. The van der Waals surface area contributed by atoms with Gasteiger partial charge in [0.1, 0.15) is 4.99 Å². The molecule has 0 unspecified atom stereocenters. The summed E-state index contributed by atoms with van der Waals surface area (Å²) in [6.45, 7) is 1.09. The summed E-state index contributed by atoms with van der Waals surface area (Å²) < 4.78 is 0. The van der Waals surface area contributed by atoms with Crippen molar-refractivity contribution in [2.24, 2.45) is 17.1 Å². The smallest absolute Gasteiger partial charge is 0.122 e. The van der Waals surface area contributed by atoms with E-state index >= 15 is 0 Å². The van der Waals surface area contributed by atoms with Crippen LogP contribution in [-0.2, 0) is 0 Å². The Hall–Kier alpha value is -1.16. The van der Waals surface area contributed by atoms with Crippen molar-refractivity contribution in [3.63, 3.8) is 0 Å². The van der Waals surface area contributed by atoms with E-state index in [-0.39, 0.29) is 0 Å². The maximum atomic E-state index is 5.51. The lowest BCUT2D eigenvalue weighted by atomic mass is 10.0. The van der Waals surface area contributed by atoms with Crippen molar-refractivity contribution in [3.05, 3.63) is 24.0 Å². The van der Waals surface area contributed by atoms with Crippen LogP contribution in [0.15, 0.2) is 18.3 Å². The fourth-order valence-electron chi connectivity index (χ4n) is 2.51. The van der Waals surface area contributed by atoms with Crippen molar-refractivity contribution < 1.29 is 0 Å². The van der Waals surface area contributed by atoms with Crippen LogP contribution in [-0.4, -0.2) is 16.5 Å². The van der Waals surface area contributed by atoms with Crippen molar-refractivity contribution in [2.75, 3.05) is 11.9 Å². The van der Waals surface area contributed by atoms with Gasteiger partial charge >= 0.3 is 0 Å². The fraction of sp³-hybridized carbons (Fsp3) is 0.538. The minimum atomic E-state index is 0.355. The van der Waals surface area contributed by atoms with E-state index in [1.165, 1.54) is 25.7 Å². The van der Waals surface area contributed by atoms with E-state index in [0.29, 0.717) is 16.1 Å². The molecular formula is C13H17N3S. The Morgan fingerprint density at radius 3 is 2.71 bits per heavy atom. The molecule has 3 rings (SSSR count). The van der Waals surface area contributed by atoms with Crippen LogP contribution in [0.25, 0.3) is 0 Å². The number of aromatic nitrogens is 1. The van der Waals surface area contributed by atoms with Crippen LogP contribution in [0.4, 0.5) is 5.69 Å². The van der Waals surface area contributed by atoms with Gasteiger partial charge in [-0.15, -0.1) is 0 Å². The Labute approximate surface area is 107 Å². The zero-order valence-corrected chi connectivity index (χ0v) is 10.6. The largest absolute Gasteiger partial charge is 0.388 e. The van der Waals surface area contributed by atoms with Crippen LogP contribution >= 0.6 is 12.2 Å². The molecule has 0 aliphatic heterocycles. The first kappa shape index (κ1) is 11.0. The number of hydrogen-bond acceptors (Lipinski definition) is 3.